The Balaban J connectivity index is 1.54. The SMILES string of the molecule is O=C(CNCCc1ccccc1)NC(=O)NCCc1ccccc1. The summed E-state index contributed by atoms with van der Waals surface area (Å²) in [5.41, 5.74) is 2.36. The highest BCUT2D eigenvalue weighted by molar-refractivity contribution is 5.95. The van der Waals surface area contributed by atoms with E-state index in [1.165, 1.54) is 5.56 Å². The highest BCUT2D eigenvalue weighted by Crippen LogP contribution is 1.98. The van der Waals surface area contributed by atoms with Crippen molar-refractivity contribution in [3.63, 3.8) is 0 Å². The summed E-state index contributed by atoms with van der Waals surface area (Å²) in [6.45, 7) is 1.30. The summed E-state index contributed by atoms with van der Waals surface area (Å²) >= 11 is 0. The van der Waals surface area contributed by atoms with Gasteiger partial charge in [-0.25, -0.2) is 4.79 Å². The standard InChI is InChI=1S/C19H23N3O2/c23-18(15-20-13-11-16-7-3-1-4-8-16)22-19(24)21-14-12-17-9-5-2-6-10-17/h1-10,20H,11-15H2,(H2,21,22,23,24). The molecule has 5 heteroatoms. The monoisotopic (exact) mass is 325 g/mol. The fraction of sp³-hybridized carbons (Fsp3) is 0.263. The van der Waals surface area contributed by atoms with Crippen molar-refractivity contribution in [2.75, 3.05) is 19.6 Å². The minimum absolute atomic E-state index is 0.124. The normalized spacial score (nSPS) is 10.2. The molecule has 0 aliphatic carbocycles. The summed E-state index contributed by atoms with van der Waals surface area (Å²) in [5.74, 6) is -0.333. The first-order chi connectivity index (χ1) is 11.7. The third-order valence-corrected chi connectivity index (χ3v) is 3.51. The molecule has 0 aromatic heterocycles. The fourth-order valence-electron chi connectivity index (χ4n) is 2.26. The first kappa shape index (κ1) is 17.7. The lowest BCUT2D eigenvalue weighted by Crippen LogP contribution is -2.44. The molecule has 126 valence electrons. The van der Waals surface area contributed by atoms with Gasteiger partial charge in [0.25, 0.3) is 0 Å². The van der Waals surface area contributed by atoms with Crippen LogP contribution in [0.15, 0.2) is 60.7 Å². The van der Waals surface area contributed by atoms with Crippen molar-refractivity contribution >= 4 is 11.9 Å². The topological polar surface area (TPSA) is 70.2 Å². The summed E-state index contributed by atoms with van der Waals surface area (Å²) in [4.78, 5) is 23.3. The highest BCUT2D eigenvalue weighted by atomic mass is 16.2. The molecule has 0 fully saturated rings. The Bertz CT molecular complexity index is 630. The van der Waals surface area contributed by atoms with Crippen molar-refractivity contribution < 1.29 is 9.59 Å². The number of nitrogens with one attached hydrogen (secondary N) is 3. The molecule has 0 bridgehead atoms. The summed E-state index contributed by atoms with van der Waals surface area (Å²) in [5, 5.41) is 8.02. The van der Waals surface area contributed by atoms with Crippen LogP contribution in [-0.2, 0) is 17.6 Å². The molecule has 0 spiro atoms. The Morgan fingerprint density at radius 1 is 0.750 bits per heavy atom. The molecule has 0 saturated carbocycles. The first-order valence-corrected chi connectivity index (χ1v) is 8.10. The molecule has 0 aliphatic heterocycles. The van der Waals surface area contributed by atoms with Crippen LogP contribution in [0.2, 0.25) is 0 Å². The van der Waals surface area contributed by atoms with Gasteiger partial charge in [-0.15, -0.1) is 0 Å². The van der Waals surface area contributed by atoms with Crippen LogP contribution in [0, 0.1) is 0 Å². The predicted octanol–water partition coefficient (Wildman–Crippen LogP) is 1.89. The van der Waals surface area contributed by atoms with E-state index in [1.807, 2.05) is 60.7 Å². The van der Waals surface area contributed by atoms with Gasteiger partial charge in [-0.2, -0.15) is 0 Å². The zero-order valence-electron chi connectivity index (χ0n) is 13.6. The number of rotatable bonds is 8. The molecule has 0 aliphatic rings. The lowest BCUT2D eigenvalue weighted by Gasteiger charge is -2.08. The van der Waals surface area contributed by atoms with Crippen LogP contribution in [0.5, 0.6) is 0 Å². The highest BCUT2D eigenvalue weighted by Gasteiger charge is 2.06. The molecule has 2 aromatic carbocycles. The Morgan fingerprint density at radius 3 is 1.88 bits per heavy atom. The van der Waals surface area contributed by atoms with E-state index in [9.17, 15) is 9.59 Å². The van der Waals surface area contributed by atoms with Gasteiger partial charge >= 0.3 is 6.03 Å². The van der Waals surface area contributed by atoms with Gasteiger partial charge in [0.2, 0.25) is 5.91 Å². The molecule has 24 heavy (non-hydrogen) atoms. The first-order valence-electron chi connectivity index (χ1n) is 8.10. The smallest absolute Gasteiger partial charge is 0.321 e. The second-order valence-corrected chi connectivity index (χ2v) is 5.45. The van der Waals surface area contributed by atoms with Crippen LogP contribution in [0.1, 0.15) is 11.1 Å². The quantitative estimate of drug-likeness (QED) is 0.649. The number of benzene rings is 2. The Labute approximate surface area is 142 Å². The second-order valence-electron chi connectivity index (χ2n) is 5.45. The molecule has 0 heterocycles. The van der Waals surface area contributed by atoms with E-state index >= 15 is 0 Å². The zero-order chi connectivity index (χ0) is 17.0. The van der Waals surface area contributed by atoms with E-state index in [1.54, 1.807) is 0 Å². The third-order valence-electron chi connectivity index (χ3n) is 3.51. The van der Waals surface area contributed by atoms with Crippen molar-refractivity contribution in [3.8, 4) is 0 Å². The van der Waals surface area contributed by atoms with Gasteiger partial charge in [-0.05, 0) is 30.5 Å². The van der Waals surface area contributed by atoms with E-state index in [-0.39, 0.29) is 12.5 Å². The molecule has 3 N–H and O–H groups in total. The van der Waals surface area contributed by atoms with Crippen molar-refractivity contribution in [1.82, 2.24) is 16.0 Å². The van der Waals surface area contributed by atoms with Crippen LogP contribution < -0.4 is 16.0 Å². The Hall–Kier alpha value is -2.66. The maximum atomic E-state index is 11.7. The van der Waals surface area contributed by atoms with Crippen LogP contribution >= 0.6 is 0 Å². The summed E-state index contributed by atoms with van der Waals surface area (Å²) in [6, 6.07) is 19.4. The minimum Gasteiger partial charge on any atom is -0.337 e. The van der Waals surface area contributed by atoms with Gasteiger partial charge in [0.15, 0.2) is 0 Å². The van der Waals surface area contributed by atoms with Crippen LogP contribution in [0.4, 0.5) is 4.79 Å². The van der Waals surface area contributed by atoms with E-state index in [2.05, 4.69) is 16.0 Å². The Morgan fingerprint density at radius 2 is 1.29 bits per heavy atom. The molecule has 3 amide bonds. The fourth-order valence-corrected chi connectivity index (χ4v) is 2.26. The molecule has 5 nitrogen and oxygen atoms in total. The summed E-state index contributed by atoms with van der Waals surface area (Å²) in [7, 11) is 0. The average molecular weight is 325 g/mol. The van der Waals surface area contributed by atoms with Gasteiger partial charge in [0, 0.05) is 6.54 Å². The average Bonchev–Trinajstić information content (AvgIpc) is 2.60. The van der Waals surface area contributed by atoms with Gasteiger partial charge in [0.1, 0.15) is 0 Å². The number of urea groups is 1. The number of carbonyl (C=O) groups excluding carboxylic acids is 2. The van der Waals surface area contributed by atoms with Crippen LogP contribution in [0.25, 0.3) is 0 Å². The number of carbonyl (C=O) groups is 2. The molecular formula is C19H23N3O2. The van der Waals surface area contributed by atoms with Gasteiger partial charge in [-0.1, -0.05) is 60.7 Å². The van der Waals surface area contributed by atoms with E-state index in [4.69, 9.17) is 0 Å². The summed E-state index contributed by atoms with van der Waals surface area (Å²) < 4.78 is 0. The van der Waals surface area contributed by atoms with Crippen LogP contribution in [0.3, 0.4) is 0 Å². The maximum Gasteiger partial charge on any atom is 0.321 e. The molecule has 0 atom stereocenters. The van der Waals surface area contributed by atoms with Crippen molar-refractivity contribution in [1.29, 1.82) is 0 Å². The zero-order valence-corrected chi connectivity index (χ0v) is 13.6. The van der Waals surface area contributed by atoms with Gasteiger partial charge in [-0.3, -0.25) is 10.1 Å². The molecule has 0 saturated heterocycles. The van der Waals surface area contributed by atoms with Crippen molar-refractivity contribution in [3.05, 3.63) is 71.8 Å². The predicted molar refractivity (Wildman–Crippen MR) is 94.7 cm³/mol. The number of hydrogen-bond donors (Lipinski definition) is 3. The lowest BCUT2D eigenvalue weighted by atomic mass is 10.1. The van der Waals surface area contributed by atoms with E-state index < -0.39 is 6.03 Å². The second kappa shape index (κ2) is 10.2. The molecule has 2 rings (SSSR count). The lowest BCUT2D eigenvalue weighted by molar-refractivity contribution is -0.119. The molecule has 2 aromatic rings. The molecule has 0 unspecified atom stereocenters. The number of amides is 3. The van der Waals surface area contributed by atoms with E-state index in [0.29, 0.717) is 13.1 Å². The van der Waals surface area contributed by atoms with Crippen LogP contribution in [-0.4, -0.2) is 31.6 Å². The van der Waals surface area contributed by atoms with Gasteiger partial charge in [0.05, 0.1) is 6.54 Å². The van der Waals surface area contributed by atoms with Gasteiger partial charge < -0.3 is 10.6 Å². The summed E-state index contributed by atoms with van der Waals surface area (Å²) in [6.07, 6.45) is 1.58. The Kier molecular flexibility index (Phi) is 7.50. The minimum atomic E-state index is -0.458. The third kappa shape index (κ3) is 7.07. The van der Waals surface area contributed by atoms with Crippen molar-refractivity contribution in [2.24, 2.45) is 0 Å². The van der Waals surface area contributed by atoms with E-state index in [0.717, 1.165) is 18.4 Å². The number of imide groups is 1. The molecular weight excluding hydrogens is 302 g/mol. The largest absolute Gasteiger partial charge is 0.337 e. The molecule has 0 radical (unpaired) electrons. The maximum absolute atomic E-state index is 11.7. The van der Waals surface area contributed by atoms with Crippen molar-refractivity contribution in [2.45, 2.75) is 12.8 Å². The number of hydrogen-bond acceptors (Lipinski definition) is 3.